The molecule has 0 aliphatic heterocycles. The highest BCUT2D eigenvalue weighted by Gasteiger charge is 2.40. The van der Waals surface area contributed by atoms with Crippen molar-refractivity contribution in [1.29, 1.82) is 0 Å². The molecule has 6 N–H and O–H groups in total. The average molecular weight is 703 g/mol. The molecule has 4 amide bonds. The second kappa shape index (κ2) is 33.7. The molecule has 272 valence electrons. The van der Waals surface area contributed by atoms with Gasteiger partial charge < -0.3 is 41.3 Å². The van der Waals surface area contributed by atoms with Crippen molar-refractivity contribution in [2.24, 2.45) is 10.8 Å². The maximum atomic E-state index is 11.5. The van der Waals surface area contributed by atoms with E-state index in [1.807, 2.05) is 41.5 Å². The topological polar surface area (TPSA) is 229 Å². The lowest BCUT2D eigenvalue weighted by Gasteiger charge is -2.28. The maximum Gasteiger partial charge on any atom is 0.500 e. The number of carbonyl (C=O) groups excluding carboxylic acids is 4. The predicted molar refractivity (Wildman–Crippen MR) is 174 cm³/mol. The van der Waals surface area contributed by atoms with Gasteiger partial charge in [-0.15, -0.1) is 0 Å². The summed E-state index contributed by atoms with van der Waals surface area (Å²) in [5.74, 6) is 4.63. The van der Waals surface area contributed by atoms with E-state index in [0.29, 0.717) is 77.8 Å². The van der Waals surface area contributed by atoms with Crippen LogP contribution in [0.4, 0.5) is 14.4 Å². The number of hydrogen-bond acceptors (Lipinski definition) is 14. The lowest BCUT2D eigenvalue weighted by atomic mass is 10.5. The number of carbonyl (C=O) groups is 3. The molecule has 0 aromatic rings. The Morgan fingerprint density at radius 3 is 1.39 bits per heavy atom. The number of nitrogens with zero attached hydrogens (tertiary/aromatic N) is 1. The van der Waals surface area contributed by atoms with E-state index in [2.05, 4.69) is 36.5 Å². The summed E-state index contributed by atoms with van der Waals surface area (Å²) in [6, 6.07) is 0.775. The summed E-state index contributed by atoms with van der Waals surface area (Å²) < 4.78 is 43.0. The average Bonchev–Trinajstić information content (AvgIpc) is 3.02. The monoisotopic (exact) mass is 702 g/mol. The Bertz CT molecular complexity index is 779. The minimum absolute atomic E-state index is 0.230. The SMILES string of the molecule is CCOC(=O)NN.CCOC(=O)NNC(=O)NCCC[Si](OCC)(OCC)OCC.CCO[Si](CCCN=C=O)(OCC)OCC. The molecule has 0 radical (unpaired) electrons. The zero-order valence-corrected chi connectivity index (χ0v) is 30.8. The second-order valence-electron chi connectivity index (χ2n) is 8.24. The number of nitrogens with two attached hydrogens (primary N) is 1. The van der Waals surface area contributed by atoms with Crippen LogP contribution >= 0.6 is 0 Å². The third kappa shape index (κ3) is 27.6. The first-order chi connectivity index (χ1) is 22.1. The van der Waals surface area contributed by atoms with E-state index in [1.165, 1.54) is 6.08 Å². The van der Waals surface area contributed by atoms with Gasteiger partial charge >= 0.3 is 35.8 Å². The summed E-state index contributed by atoms with van der Waals surface area (Å²) >= 11 is 0. The van der Waals surface area contributed by atoms with E-state index in [1.54, 1.807) is 19.3 Å². The van der Waals surface area contributed by atoms with Gasteiger partial charge in [0.05, 0.1) is 19.8 Å². The van der Waals surface area contributed by atoms with E-state index in [9.17, 15) is 19.2 Å². The van der Waals surface area contributed by atoms with Crippen molar-refractivity contribution in [2.45, 2.75) is 80.3 Å². The highest BCUT2D eigenvalue weighted by molar-refractivity contribution is 6.61. The summed E-state index contributed by atoms with van der Waals surface area (Å²) in [5, 5.41) is 2.61. The van der Waals surface area contributed by atoms with Crippen LogP contribution in [0.5, 0.6) is 0 Å². The van der Waals surface area contributed by atoms with Crippen molar-refractivity contribution in [3.63, 3.8) is 0 Å². The molecule has 20 heteroatoms. The van der Waals surface area contributed by atoms with Gasteiger partial charge in [-0.25, -0.2) is 40.9 Å². The first kappa shape index (κ1) is 47.7. The van der Waals surface area contributed by atoms with E-state index >= 15 is 0 Å². The number of urea groups is 1. The molecule has 18 nitrogen and oxygen atoms in total. The molecule has 0 aliphatic carbocycles. The lowest BCUT2D eigenvalue weighted by molar-refractivity contribution is 0.0701. The number of nitrogens with one attached hydrogen (secondary N) is 4. The van der Waals surface area contributed by atoms with E-state index in [4.69, 9.17) is 26.6 Å². The lowest BCUT2D eigenvalue weighted by Crippen LogP contribution is -2.48. The molecule has 0 spiro atoms. The number of amides is 4. The van der Waals surface area contributed by atoms with Crippen LogP contribution in [0.25, 0.3) is 0 Å². The van der Waals surface area contributed by atoms with Crippen molar-refractivity contribution >= 4 is 41.9 Å². The Kier molecular flexibility index (Phi) is 35.0. The highest BCUT2D eigenvalue weighted by Crippen LogP contribution is 2.18. The minimum Gasteiger partial charge on any atom is -0.449 e. The van der Waals surface area contributed by atoms with Crippen molar-refractivity contribution in [3.8, 4) is 0 Å². The summed E-state index contributed by atoms with van der Waals surface area (Å²) in [5.41, 5.74) is 6.10. The molecule has 0 saturated heterocycles. The van der Waals surface area contributed by atoms with Crippen molar-refractivity contribution in [1.82, 2.24) is 21.6 Å². The zero-order chi connectivity index (χ0) is 35.5. The Morgan fingerprint density at radius 1 is 0.630 bits per heavy atom. The molecule has 0 bridgehead atoms. The summed E-state index contributed by atoms with van der Waals surface area (Å²) in [7, 11) is -5.21. The quantitative estimate of drug-likeness (QED) is 0.0208. The minimum atomic E-state index is -2.68. The smallest absolute Gasteiger partial charge is 0.449 e. The molecule has 0 rings (SSSR count). The fourth-order valence-corrected chi connectivity index (χ4v) is 8.63. The number of hydrazine groups is 2. The molecule has 0 aromatic carbocycles. The van der Waals surface area contributed by atoms with E-state index in [-0.39, 0.29) is 6.61 Å². The van der Waals surface area contributed by atoms with Gasteiger partial charge in [0.15, 0.2) is 0 Å². The van der Waals surface area contributed by atoms with Crippen LogP contribution < -0.4 is 27.4 Å². The molecule has 0 saturated carbocycles. The van der Waals surface area contributed by atoms with Gasteiger partial charge in [-0.2, -0.15) is 0 Å². The van der Waals surface area contributed by atoms with Crippen LogP contribution in [0.3, 0.4) is 0 Å². The summed E-state index contributed by atoms with van der Waals surface area (Å²) in [6.45, 7) is 19.5. The molecule has 0 unspecified atom stereocenters. The van der Waals surface area contributed by atoms with Crippen LogP contribution in [-0.4, -0.2) is 108 Å². The molecular formula is C26H58N6O12Si2. The molecule has 46 heavy (non-hydrogen) atoms. The Balaban J connectivity index is -0.000000692. The first-order valence-electron chi connectivity index (χ1n) is 15.6. The van der Waals surface area contributed by atoms with Crippen molar-refractivity contribution in [3.05, 3.63) is 0 Å². The third-order valence-electron chi connectivity index (χ3n) is 4.90. The van der Waals surface area contributed by atoms with Crippen LogP contribution in [-0.2, 0) is 40.8 Å². The molecule has 0 fully saturated rings. The fraction of sp³-hybridized carbons (Fsp3) is 0.846. The largest absolute Gasteiger partial charge is 0.500 e. The number of isocyanates is 1. The fourth-order valence-electron chi connectivity index (χ4n) is 3.42. The molecule has 0 atom stereocenters. The Morgan fingerprint density at radius 2 is 1.04 bits per heavy atom. The maximum absolute atomic E-state index is 11.5. The number of hydrogen-bond donors (Lipinski definition) is 5. The van der Waals surface area contributed by atoms with Crippen molar-refractivity contribution < 1.29 is 55.2 Å². The molecule has 0 aliphatic rings. The van der Waals surface area contributed by atoms with Gasteiger partial charge in [-0.3, -0.25) is 5.43 Å². The third-order valence-corrected chi connectivity index (χ3v) is 11.2. The highest BCUT2D eigenvalue weighted by atomic mass is 28.4. The Labute approximate surface area is 275 Å². The van der Waals surface area contributed by atoms with Gasteiger partial charge in [0, 0.05) is 58.3 Å². The predicted octanol–water partition coefficient (Wildman–Crippen LogP) is 2.75. The number of ether oxygens (including phenoxy) is 2. The normalized spacial score (nSPS) is 10.5. The molecule has 0 aromatic heterocycles. The summed E-state index contributed by atoms with van der Waals surface area (Å²) in [6.07, 6.45) is 1.57. The van der Waals surface area contributed by atoms with Crippen LogP contribution in [0.15, 0.2) is 4.99 Å². The van der Waals surface area contributed by atoms with Crippen LogP contribution in [0.2, 0.25) is 12.1 Å². The van der Waals surface area contributed by atoms with Crippen molar-refractivity contribution in [2.75, 3.05) is 65.9 Å². The van der Waals surface area contributed by atoms with Gasteiger partial charge in [0.1, 0.15) is 0 Å². The van der Waals surface area contributed by atoms with Gasteiger partial charge in [-0.05, 0) is 68.2 Å². The standard InChI is InChI=1S/C13H29N3O6Si.C10H21NO4Si.C3H8N2O2/c1-5-19-13(18)16-15-12(17)14-10-9-11-23(20-6-2,21-7-3)22-8-4;1-4-13-16(14-5-2,15-6-3)9-7-8-11-10-12;1-2-7-3(6)5-4/h5-11H2,1-4H3,(H,16,18)(H2,14,15,17);4-9H2,1-3H3;2,4H2,1H3,(H,5,6). The zero-order valence-electron chi connectivity index (χ0n) is 28.8. The van der Waals surface area contributed by atoms with Gasteiger partial charge in [-0.1, -0.05) is 0 Å². The van der Waals surface area contributed by atoms with Crippen LogP contribution in [0.1, 0.15) is 68.2 Å². The van der Waals surface area contributed by atoms with Crippen LogP contribution in [0, 0.1) is 0 Å². The second-order valence-corrected chi connectivity index (χ2v) is 13.7. The van der Waals surface area contributed by atoms with E-state index < -0.39 is 35.8 Å². The number of aliphatic imine (C=N–C) groups is 1. The Hall–Kier alpha value is -2.66. The molecular weight excluding hydrogens is 644 g/mol. The van der Waals surface area contributed by atoms with Gasteiger partial charge in [0.2, 0.25) is 6.08 Å². The summed E-state index contributed by atoms with van der Waals surface area (Å²) in [4.78, 5) is 45.9. The van der Waals surface area contributed by atoms with Gasteiger partial charge in [0.25, 0.3) is 0 Å². The number of rotatable bonds is 22. The van der Waals surface area contributed by atoms with E-state index in [0.717, 1.165) is 6.42 Å². The first-order valence-corrected chi connectivity index (χ1v) is 19.4. The molecule has 0 heterocycles.